The summed E-state index contributed by atoms with van der Waals surface area (Å²) in [6, 6.07) is 5.58. The second kappa shape index (κ2) is 7.49. The zero-order chi connectivity index (χ0) is 11.8. The standard InChI is InChI=1S/C12H18ClNO2/c1-15-7-2-3-8-16-12-6-4-5-11(13)10(12)9-14/h4-6H,2-3,7-9,14H2,1H3. The summed E-state index contributed by atoms with van der Waals surface area (Å²) >= 11 is 6.01. The van der Waals surface area contributed by atoms with Gasteiger partial charge in [-0.15, -0.1) is 0 Å². The maximum Gasteiger partial charge on any atom is 0.125 e. The van der Waals surface area contributed by atoms with Crippen molar-refractivity contribution in [3.05, 3.63) is 28.8 Å². The lowest BCUT2D eigenvalue weighted by atomic mass is 10.2. The zero-order valence-corrected chi connectivity index (χ0v) is 10.3. The smallest absolute Gasteiger partial charge is 0.125 e. The van der Waals surface area contributed by atoms with Crippen molar-refractivity contribution in [3.8, 4) is 5.75 Å². The second-order valence-electron chi connectivity index (χ2n) is 3.47. The van der Waals surface area contributed by atoms with Crippen LogP contribution in [0.2, 0.25) is 5.02 Å². The van der Waals surface area contributed by atoms with Crippen LogP contribution in [0, 0.1) is 0 Å². The van der Waals surface area contributed by atoms with Gasteiger partial charge in [-0.25, -0.2) is 0 Å². The van der Waals surface area contributed by atoms with E-state index in [0.717, 1.165) is 30.8 Å². The molecule has 1 aromatic carbocycles. The van der Waals surface area contributed by atoms with E-state index in [4.69, 9.17) is 26.8 Å². The molecule has 4 heteroatoms. The summed E-state index contributed by atoms with van der Waals surface area (Å²) in [4.78, 5) is 0. The number of hydrogen-bond acceptors (Lipinski definition) is 3. The largest absolute Gasteiger partial charge is 0.493 e. The summed E-state index contributed by atoms with van der Waals surface area (Å²) in [5, 5.41) is 0.664. The fourth-order valence-corrected chi connectivity index (χ4v) is 1.65. The Hall–Kier alpha value is -0.770. The van der Waals surface area contributed by atoms with E-state index in [0.29, 0.717) is 18.2 Å². The number of methoxy groups -OCH3 is 1. The summed E-state index contributed by atoms with van der Waals surface area (Å²) in [6.45, 7) is 1.83. The fourth-order valence-electron chi connectivity index (χ4n) is 1.40. The highest BCUT2D eigenvalue weighted by Crippen LogP contribution is 2.25. The number of unbranched alkanes of at least 4 members (excludes halogenated alkanes) is 1. The van der Waals surface area contributed by atoms with Crippen LogP contribution in [0.5, 0.6) is 5.75 Å². The van der Waals surface area contributed by atoms with Gasteiger partial charge < -0.3 is 15.2 Å². The number of rotatable bonds is 7. The molecule has 1 aromatic rings. The lowest BCUT2D eigenvalue weighted by Gasteiger charge is -2.11. The maximum atomic E-state index is 6.01. The van der Waals surface area contributed by atoms with Crippen LogP contribution in [-0.2, 0) is 11.3 Å². The third kappa shape index (κ3) is 4.00. The predicted molar refractivity (Wildman–Crippen MR) is 65.9 cm³/mol. The molecule has 0 saturated carbocycles. The highest BCUT2D eigenvalue weighted by molar-refractivity contribution is 6.31. The van der Waals surface area contributed by atoms with Crippen molar-refractivity contribution in [2.24, 2.45) is 5.73 Å². The van der Waals surface area contributed by atoms with Crippen molar-refractivity contribution < 1.29 is 9.47 Å². The van der Waals surface area contributed by atoms with Gasteiger partial charge in [0.05, 0.1) is 6.61 Å². The Morgan fingerprint density at radius 3 is 2.69 bits per heavy atom. The average Bonchev–Trinajstić information content (AvgIpc) is 2.29. The third-order valence-corrected chi connectivity index (χ3v) is 2.63. The lowest BCUT2D eigenvalue weighted by molar-refractivity contribution is 0.184. The normalized spacial score (nSPS) is 10.4. The molecule has 0 atom stereocenters. The Kier molecular flexibility index (Phi) is 6.23. The van der Waals surface area contributed by atoms with Crippen LogP contribution in [0.4, 0.5) is 0 Å². The van der Waals surface area contributed by atoms with Crippen molar-refractivity contribution in [1.29, 1.82) is 0 Å². The Morgan fingerprint density at radius 1 is 1.25 bits per heavy atom. The van der Waals surface area contributed by atoms with Crippen LogP contribution >= 0.6 is 11.6 Å². The van der Waals surface area contributed by atoms with Crippen LogP contribution < -0.4 is 10.5 Å². The van der Waals surface area contributed by atoms with Crippen LogP contribution in [0.25, 0.3) is 0 Å². The van der Waals surface area contributed by atoms with Gasteiger partial charge in [-0.1, -0.05) is 17.7 Å². The van der Waals surface area contributed by atoms with Gasteiger partial charge in [0.2, 0.25) is 0 Å². The summed E-state index contributed by atoms with van der Waals surface area (Å²) < 4.78 is 10.6. The quantitative estimate of drug-likeness (QED) is 0.749. The Labute approximate surface area is 101 Å². The Bertz CT molecular complexity index is 318. The third-order valence-electron chi connectivity index (χ3n) is 2.28. The minimum Gasteiger partial charge on any atom is -0.493 e. The fraction of sp³-hybridized carbons (Fsp3) is 0.500. The van der Waals surface area contributed by atoms with E-state index in [2.05, 4.69) is 0 Å². The highest BCUT2D eigenvalue weighted by Gasteiger charge is 2.05. The number of benzene rings is 1. The van der Waals surface area contributed by atoms with Crippen LogP contribution in [-0.4, -0.2) is 20.3 Å². The topological polar surface area (TPSA) is 44.5 Å². The van der Waals surface area contributed by atoms with E-state index in [-0.39, 0.29) is 0 Å². The Balaban J connectivity index is 2.44. The van der Waals surface area contributed by atoms with Crippen LogP contribution in [0.15, 0.2) is 18.2 Å². The molecule has 3 nitrogen and oxygen atoms in total. The molecule has 90 valence electrons. The van der Waals surface area contributed by atoms with Gasteiger partial charge in [-0.2, -0.15) is 0 Å². The second-order valence-corrected chi connectivity index (χ2v) is 3.88. The van der Waals surface area contributed by atoms with Crippen molar-refractivity contribution in [2.75, 3.05) is 20.3 Å². The molecule has 2 N–H and O–H groups in total. The number of nitrogens with two attached hydrogens (primary N) is 1. The highest BCUT2D eigenvalue weighted by atomic mass is 35.5. The molecule has 0 heterocycles. The van der Waals surface area contributed by atoms with Gasteiger partial charge >= 0.3 is 0 Å². The van der Waals surface area contributed by atoms with Crippen molar-refractivity contribution in [2.45, 2.75) is 19.4 Å². The zero-order valence-electron chi connectivity index (χ0n) is 9.54. The molecule has 0 aliphatic rings. The molecule has 0 spiro atoms. The Morgan fingerprint density at radius 2 is 2.00 bits per heavy atom. The molecule has 0 radical (unpaired) electrons. The van der Waals surface area contributed by atoms with Gasteiger partial charge in [0.1, 0.15) is 5.75 Å². The minimum atomic E-state index is 0.396. The molecule has 0 aromatic heterocycles. The number of ether oxygens (including phenoxy) is 2. The molecule has 1 rings (SSSR count). The van der Waals surface area contributed by atoms with Gasteiger partial charge in [0, 0.05) is 30.8 Å². The minimum absolute atomic E-state index is 0.396. The summed E-state index contributed by atoms with van der Waals surface area (Å²) in [6.07, 6.45) is 1.96. The molecule has 0 aliphatic heterocycles. The van der Waals surface area contributed by atoms with Gasteiger partial charge in [-0.05, 0) is 25.0 Å². The first-order valence-corrected chi connectivity index (χ1v) is 5.76. The molecule has 0 aliphatic carbocycles. The van der Waals surface area contributed by atoms with E-state index >= 15 is 0 Å². The number of hydrogen-bond donors (Lipinski definition) is 1. The molecule has 0 saturated heterocycles. The van der Waals surface area contributed by atoms with E-state index in [1.165, 1.54) is 0 Å². The van der Waals surface area contributed by atoms with E-state index in [1.54, 1.807) is 7.11 Å². The lowest BCUT2D eigenvalue weighted by Crippen LogP contribution is -2.05. The van der Waals surface area contributed by atoms with Crippen molar-refractivity contribution >= 4 is 11.6 Å². The van der Waals surface area contributed by atoms with E-state index in [9.17, 15) is 0 Å². The molecular formula is C12H18ClNO2. The molecule has 0 bridgehead atoms. The molecule has 0 fully saturated rings. The van der Waals surface area contributed by atoms with Crippen LogP contribution in [0.3, 0.4) is 0 Å². The molecular weight excluding hydrogens is 226 g/mol. The first-order chi connectivity index (χ1) is 7.79. The monoisotopic (exact) mass is 243 g/mol. The average molecular weight is 244 g/mol. The SMILES string of the molecule is COCCCCOc1cccc(Cl)c1CN. The predicted octanol–water partition coefficient (Wildman–Crippen LogP) is 2.60. The number of halogens is 1. The van der Waals surface area contributed by atoms with Gasteiger partial charge in [0.25, 0.3) is 0 Å². The molecule has 0 unspecified atom stereocenters. The summed E-state index contributed by atoms with van der Waals surface area (Å²) in [5.41, 5.74) is 6.49. The summed E-state index contributed by atoms with van der Waals surface area (Å²) in [5.74, 6) is 0.785. The van der Waals surface area contributed by atoms with Crippen LogP contribution in [0.1, 0.15) is 18.4 Å². The molecule has 16 heavy (non-hydrogen) atoms. The van der Waals surface area contributed by atoms with Crippen molar-refractivity contribution in [1.82, 2.24) is 0 Å². The van der Waals surface area contributed by atoms with Gasteiger partial charge in [0.15, 0.2) is 0 Å². The first kappa shape index (κ1) is 13.3. The van der Waals surface area contributed by atoms with Crippen molar-refractivity contribution in [3.63, 3.8) is 0 Å². The maximum absolute atomic E-state index is 6.01. The summed E-state index contributed by atoms with van der Waals surface area (Å²) in [7, 11) is 1.70. The van der Waals surface area contributed by atoms with Gasteiger partial charge in [-0.3, -0.25) is 0 Å². The molecule has 0 amide bonds. The van der Waals surface area contributed by atoms with E-state index in [1.807, 2.05) is 18.2 Å². The first-order valence-electron chi connectivity index (χ1n) is 5.38. The van der Waals surface area contributed by atoms with E-state index < -0.39 is 0 Å².